The molecule has 0 heterocycles. The summed E-state index contributed by atoms with van der Waals surface area (Å²) in [6, 6.07) is 0.119. The number of nitrogens with zero attached hydrogens (tertiary/aromatic N) is 1. The molecule has 0 aliphatic heterocycles. The van der Waals surface area contributed by atoms with Crippen LogP contribution in [-0.4, -0.2) is 165 Å². The van der Waals surface area contributed by atoms with Crippen LogP contribution in [0.4, 0.5) is 0 Å². The van der Waals surface area contributed by atoms with Crippen molar-refractivity contribution in [3.63, 3.8) is 0 Å². The van der Waals surface area contributed by atoms with E-state index in [4.69, 9.17) is 13.3 Å². The van der Waals surface area contributed by atoms with Crippen molar-refractivity contribution in [3.05, 3.63) is 0 Å². The SMILES string of the molecule is CCCCCCCCCCCCCCCCCCCC[N+](C)(C)CCC[Si](OCC(CO)(CO)NC(=O)CCCCCCCCCCCCCCCCC)(OCC(CO)(CO)NC(=O)CCCCCCCCCCCCCCCCC)OCC(CO)(CO)NC(=O)CCCCCCCCCCCCCCCCC. The molecule has 0 rings (SSSR count). The van der Waals surface area contributed by atoms with Crippen LogP contribution < -0.4 is 16.0 Å². The number of nitrogens with one attached hydrogen (secondary N) is 3. The molecule has 16 nitrogen and oxygen atoms in total. The first-order valence-corrected chi connectivity index (χ1v) is 48.9. The highest BCUT2D eigenvalue weighted by Gasteiger charge is 2.49. The third kappa shape index (κ3) is 63.5. The van der Waals surface area contributed by atoms with Crippen molar-refractivity contribution in [3.8, 4) is 0 Å². The molecule has 0 radical (unpaired) electrons. The Hall–Kier alpha value is -1.77. The van der Waals surface area contributed by atoms with Crippen molar-refractivity contribution in [2.45, 2.75) is 481 Å². The van der Waals surface area contributed by atoms with Gasteiger partial charge in [-0.15, -0.1) is 0 Å². The van der Waals surface area contributed by atoms with Crippen molar-refractivity contribution in [2.24, 2.45) is 0 Å². The molecule has 0 saturated heterocycles. The largest absolute Gasteiger partial charge is 0.501 e. The molecule has 0 aromatic carbocycles. The second-order valence-corrected chi connectivity index (χ2v) is 37.3. The summed E-state index contributed by atoms with van der Waals surface area (Å²) in [5.74, 6) is -1.05. The first-order valence-electron chi connectivity index (χ1n) is 46.9. The molecule has 0 spiro atoms. The van der Waals surface area contributed by atoms with E-state index in [0.717, 1.165) is 77.2 Å². The van der Waals surface area contributed by atoms with Gasteiger partial charge >= 0.3 is 8.80 Å². The number of carbonyl (C=O) groups excluding carboxylic acids is 3. The summed E-state index contributed by atoms with van der Waals surface area (Å²) < 4.78 is 21.4. The van der Waals surface area contributed by atoms with Crippen LogP contribution >= 0.6 is 0 Å². The van der Waals surface area contributed by atoms with Gasteiger partial charge in [0.25, 0.3) is 0 Å². The van der Waals surface area contributed by atoms with E-state index in [0.29, 0.717) is 36.7 Å². The number of aliphatic hydroxyl groups is 6. The van der Waals surface area contributed by atoms with Gasteiger partial charge in [-0.25, -0.2) is 0 Å². The van der Waals surface area contributed by atoms with Crippen LogP contribution in [-0.2, 0) is 27.7 Å². The van der Waals surface area contributed by atoms with Crippen molar-refractivity contribution < 1.29 is 62.8 Å². The predicted molar refractivity (Wildman–Crippen MR) is 457 cm³/mol. The molecule has 9 N–H and O–H groups in total. The number of carbonyl (C=O) groups is 3. The highest BCUT2D eigenvalue weighted by Crippen LogP contribution is 2.28. The summed E-state index contributed by atoms with van der Waals surface area (Å²) in [5, 5.41) is 75.9. The highest BCUT2D eigenvalue weighted by atomic mass is 28.4. The van der Waals surface area contributed by atoms with Crippen molar-refractivity contribution in [1.82, 2.24) is 16.0 Å². The molecule has 0 saturated carbocycles. The molecule has 0 atom stereocenters. The lowest BCUT2D eigenvalue weighted by Crippen LogP contribution is -2.64. The van der Waals surface area contributed by atoms with Gasteiger partial charge in [-0.1, -0.05) is 400 Å². The molecule has 0 aromatic heterocycles. The van der Waals surface area contributed by atoms with E-state index in [1.54, 1.807) is 0 Å². The van der Waals surface area contributed by atoms with Gasteiger partial charge < -0.3 is 64.4 Å². The zero-order valence-corrected chi connectivity index (χ0v) is 73.4. The number of quaternary nitrogens is 1. The fraction of sp³-hybridized carbons (Fsp3) is 0.967. The lowest BCUT2D eigenvalue weighted by molar-refractivity contribution is -0.890. The molecule has 644 valence electrons. The zero-order chi connectivity index (χ0) is 79.3. The Morgan fingerprint density at radius 1 is 0.250 bits per heavy atom. The molecule has 0 bridgehead atoms. The number of amides is 3. The van der Waals surface area contributed by atoms with Gasteiger partial charge in [0, 0.05) is 31.7 Å². The first-order chi connectivity index (χ1) is 52.6. The minimum atomic E-state index is -4.38. The second kappa shape index (κ2) is 76.5. The normalized spacial score (nSPS) is 12.4. The third-order valence-corrected chi connectivity index (χ3v) is 25.8. The van der Waals surface area contributed by atoms with Gasteiger partial charge in [-0.05, 0) is 32.1 Å². The lowest BCUT2D eigenvalue weighted by Gasteiger charge is -2.41. The fourth-order valence-electron chi connectivity index (χ4n) is 15.2. The van der Waals surface area contributed by atoms with E-state index < -0.39 is 84.9 Å². The monoisotopic (exact) mass is 1550 g/mol. The molecular formula is C91H185N4O12Si+. The van der Waals surface area contributed by atoms with Gasteiger partial charge in [-0.3, -0.25) is 14.4 Å². The van der Waals surface area contributed by atoms with Crippen LogP contribution in [0.15, 0.2) is 0 Å². The maximum Gasteiger partial charge on any atom is 0.501 e. The molecule has 0 unspecified atom stereocenters. The Balaban J connectivity index is 6.55. The number of unbranched alkanes of at least 4 members (excludes halogenated alkanes) is 59. The second-order valence-electron chi connectivity index (χ2n) is 34.6. The van der Waals surface area contributed by atoms with Gasteiger partial charge in [0.05, 0.1) is 86.6 Å². The molecular weight excluding hydrogens is 1370 g/mol. The Morgan fingerprint density at radius 3 is 0.583 bits per heavy atom. The van der Waals surface area contributed by atoms with E-state index in [1.807, 2.05) is 0 Å². The predicted octanol–water partition coefficient (Wildman–Crippen LogP) is 21.8. The van der Waals surface area contributed by atoms with Crippen LogP contribution in [0.5, 0.6) is 0 Å². The van der Waals surface area contributed by atoms with Gasteiger partial charge in [-0.2, -0.15) is 0 Å². The molecule has 0 fully saturated rings. The van der Waals surface area contributed by atoms with Crippen LogP contribution in [0.2, 0.25) is 6.04 Å². The molecule has 108 heavy (non-hydrogen) atoms. The van der Waals surface area contributed by atoms with Gasteiger partial charge in [0.15, 0.2) is 0 Å². The first kappa shape index (κ1) is 106. The van der Waals surface area contributed by atoms with Gasteiger partial charge in [0.2, 0.25) is 17.7 Å². The Morgan fingerprint density at radius 2 is 0.407 bits per heavy atom. The fourth-order valence-corrected chi connectivity index (χ4v) is 17.9. The number of aliphatic hydroxyl groups excluding tert-OH is 6. The Labute approximate surface area is 669 Å². The topological polar surface area (TPSA) is 236 Å². The Bertz CT molecular complexity index is 1760. The van der Waals surface area contributed by atoms with E-state index in [9.17, 15) is 45.0 Å². The van der Waals surface area contributed by atoms with Crippen molar-refractivity contribution >= 4 is 26.5 Å². The van der Waals surface area contributed by atoms with E-state index >= 15 is 0 Å². The maximum absolute atomic E-state index is 13.9. The summed E-state index contributed by atoms with van der Waals surface area (Å²) in [6.07, 6.45) is 78.4. The maximum atomic E-state index is 13.9. The van der Waals surface area contributed by atoms with Crippen molar-refractivity contribution in [1.29, 1.82) is 0 Å². The van der Waals surface area contributed by atoms with Crippen LogP contribution in [0.3, 0.4) is 0 Å². The summed E-state index contributed by atoms with van der Waals surface area (Å²) >= 11 is 0. The minimum absolute atomic E-state index is 0.119. The molecule has 0 aliphatic rings. The van der Waals surface area contributed by atoms with Crippen LogP contribution in [0.25, 0.3) is 0 Å². The lowest BCUT2D eigenvalue weighted by atomic mass is 10.0. The van der Waals surface area contributed by atoms with Gasteiger partial charge in [0.1, 0.15) is 16.6 Å². The smallest absolute Gasteiger partial charge is 0.394 e. The summed E-state index contributed by atoms with van der Waals surface area (Å²) in [5.41, 5.74) is -5.09. The summed E-state index contributed by atoms with van der Waals surface area (Å²) in [4.78, 5) is 41.6. The molecule has 17 heteroatoms. The number of rotatable bonds is 89. The average molecular weight is 1560 g/mol. The van der Waals surface area contributed by atoms with E-state index in [1.165, 1.54) is 315 Å². The van der Waals surface area contributed by atoms with Crippen LogP contribution in [0, 0.1) is 0 Å². The minimum Gasteiger partial charge on any atom is -0.394 e. The number of hydrogen-bond acceptors (Lipinski definition) is 12. The number of hydrogen-bond donors (Lipinski definition) is 9. The highest BCUT2D eigenvalue weighted by molar-refractivity contribution is 6.60. The molecule has 0 aliphatic carbocycles. The molecule has 3 amide bonds. The third-order valence-electron chi connectivity index (χ3n) is 23.1. The van der Waals surface area contributed by atoms with E-state index in [2.05, 4.69) is 57.7 Å². The zero-order valence-electron chi connectivity index (χ0n) is 72.4. The standard InChI is InChI=1S/C91H184N4O12Si/c1-7-11-15-19-23-27-31-35-39-40-41-45-49-53-57-61-65-69-74-95(5,6)75-70-76-108(105-83-89(77-96,78-97)92-86(102)71-66-62-58-54-50-46-42-36-32-28-24-20-16-12-8-2,106-84-90(79-98,80-99)93-87(103)72-67-63-59-55-51-47-43-37-33-29-25-21-17-13-9-3)107-85-91(81-100,82-101)94-88(104)73-68-64-60-56-52-48-44-38-34-30-26-22-18-14-10-4/h96-101H,7-85H2,1-6H3,(H2-,92,93,94,102,103,104)/p+1. The average Bonchev–Trinajstić information content (AvgIpc) is 0.810. The van der Waals surface area contributed by atoms with E-state index in [-0.39, 0.29) is 43.0 Å². The summed E-state index contributed by atoms with van der Waals surface area (Å²) in [6.45, 7) is 5.07. The Kier molecular flexibility index (Phi) is 75.3. The summed E-state index contributed by atoms with van der Waals surface area (Å²) in [7, 11) is 0.0204. The quantitative estimate of drug-likeness (QED) is 0.0157. The molecule has 0 aromatic rings. The van der Waals surface area contributed by atoms with Crippen LogP contribution in [0.1, 0.15) is 458 Å². The van der Waals surface area contributed by atoms with Crippen molar-refractivity contribution in [2.75, 3.05) is 86.6 Å².